The highest BCUT2D eigenvalue weighted by molar-refractivity contribution is 8.00. The molecular weight excluding hydrogens is 308 g/mol. The number of hydrogen-bond donors (Lipinski definition) is 2. The minimum Gasteiger partial charge on any atom is -0.359 e. The zero-order valence-electron chi connectivity index (χ0n) is 11.5. The van der Waals surface area contributed by atoms with Gasteiger partial charge in [-0.15, -0.1) is 22.0 Å². The van der Waals surface area contributed by atoms with E-state index in [0.29, 0.717) is 10.3 Å². The Morgan fingerprint density at radius 3 is 2.95 bits per heavy atom. The van der Waals surface area contributed by atoms with Gasteiger partial charge < -0.3 is 5.32 Å². The van der Waals surface area contributed by atoms with Crippen molar-refractivity contribution in [1.29, 1.82) is 5.26 Å². The number of H-pyrrole nitrogens is 1. The average Bonchev–Trinajstić information content (AvgIpc) is 2.96. The third-order valence-electron chi connectivity index (χ3n) is 2.40. The van der Waals surface area contributed by atoms with Crippen molar-refractivity contribution < 1.29 is 0 Å². The minimum atomic E-state index is 0.241. The van der Waals surface area contributed by atoms with Crippen LogP contribution in [0.3, 0.4) is 0 Å². The molecule has 8 heteroatoms. The van der Waals surface area contributed by atoms with Crippen molar-refractivity contribution in [1.82, 2.24) is 20.6 Å². The number of nitrogens with zero attached hydrogens (tertiary/aromatic N) is 4. The Morgan fingerprint density at radius 2 is 2.33 bits per heavy atom. The Labute approximate surface area is 131 Å². The van der Waals surface area contributed by atoms with E-state index in [2.05, 4.69) is 39.8 Å². The van der Waals surface area contributed by atoms with Crippen LogP contribution in [0.4, 0.5) is 5.69 Å². The monoisotopic (exact) mass is 320 g/mol. The number of thioether (sulfide) groups is 1. The van der Waals surface area contributed by atoms with Crippen LogP contribution in [0.5, 0.6) is 0 Å². The fourth-order valence-electron chi connectivity index (χ4n) is 1.55. The maximum Gasteiger partial charge on any atom is 0.216 e. The van der Waals surface area contributed by atoms with Crippen molar-refractivity contribution in [2.45, 2.75) is 24.0 Å². The third-order valence-corrected chi connectivity index (χ3v) is 3.97. The first-order valence-electron chi connectivity index (χ1n) is 6.17. The number of tetrazole rings is 1. The number of allylic oxidation sites excluding steroid dienone is 1. The summed E-state index contributed by atoms with van der Waals surface area (Å²) in [6.07, 6.45) is 1.54. The number of nitriles is 1. The molecule has 0 spiro atoms. The quantitative estimate of drug-likeness (QED) is 0.648. The van der Waals surface area contributed by atoms with Gasteiger partial charge in [-0.3, -0.25) is 0 Å². The summed E-state index contributed by atoms with van der Waals surface area (Å²) in [5.41, 5.74) is 1.11. The van der Waals surface area contributed by atoms with Crippen LogP contribution >= 0.6 is 23.4 Å². The molecule has 21 heavy (non-hydrogen) atoms. The van der Waals surface area contributed by atoms with Crippen LogP contribution in [0.15, 0.2) is 29.3 Å². The predicted octanol–water partition coefficient (Wildman–Crippen LogP) is 3.33. The van der Waals surface area contributed by atoms with Crippen molar-refractivity contribution >= 4 is 34.6 Å². The Hall–Kier alpha value is -2.04. The van der Waals surface area contributed by atoms with Gasteiger partial charge in [0.2, 0.25) is 5.82 Å². The van der Waals surface area contributed by atoms with Gasteiger partial charge in [-0.25, -0.2) is 0 Å². The van der Waals surface area contributed by atoms with E-state index in [-0.39, 0.29) is 11.4 Å². The molecule has 0 saturated carbocycles. The van der Waals surface area contributed by atoms with Crippen molar-refractivity contribution in [3.63, 3.8) is 0 Å². The molecule has 0 fully saturated rings. The van der Waals surface area contributed by atoms with E-state index in [1.54, 1.807) is 18.0 Å². The molecule has 0 aliphatic carbocycles. The van der Waals surface area contributed by atoms with Gasteiger partial charge in [-0.2, -0.15) is 10.5 Å². The largest absolute Gasteiger partial charge is 0.359 e. The number of nitrogens with one attached hydrogen (secondary N) is 2. The van der Waals surface area contributed by atoms with Gasteiger partial charge in [0, 0.05) is 16.3 Å². The lowest BCUT2D eigenvalue weighted by atomic mass is 10.3. The van der Waals surface area contributed by atoms with E-state index in [9.17, 15) is 0 Å². The van der Waals surface area contributed by atoms with Gasteiger partial charge in [0.25, 0.3) is 0 Å². The summed E-state index contributed by atoms with van der Waals surface area (Å²) in [6.45, 7) is 4.18. The Bertz CT molecular complexity index is 674. The molecule has 0 aliphatic rings. The van der Waals surface area contributed by atoms with Crippen LogP contribution in [0.25, 0.3) is 5.57 Å². The van der Waals surface area contributed by atoms with E-state index >= 15 is 0 Å². The average molecular weight is 321 g/mol. The molecular formula is C13H13ClN6S. The number of aromatic amines is 1. The van der Waals surface area contributed by atoms with Crippen LogP contribution in [-0.4, -0.2) is 25.9 Å². The first kappa shape index (κ1) is 15.4. The van der Waals surface area contributed by atoms with Gasteiger partial charge in [-0.05, 0) is 17.3 Å². The lowest BCUT2D eigenvalue weighted by Gasteiger charge is -2.12. The Kier molecular flexibility index (Phi) is 5.20. The van der Waals surface area contributed by atoms with Crippen LogP contribution in [-0.2, 0) is 0 Å². The van der Waals surface area contributed by atoms with E-state index in [1.807, 2.05) is 24.3 Å². The molecule has 1 heterocycles. The lowest BCUT2D eigenvalue weighted by molar-refractivity contribution is 0.881. The second-order valence-corrected chi connectivity index (χ2v) is 6.33. The predicted molar refractivity (Wildman–Crippen MR) is 83.8 cm³/mol. The molecule has 108 valence electrons. The molecule has 0 aliphatic heterocycles. The number of halogens is 1. The molecule has 2 aromatic rings. The number of hydrogen-bond acceptors (Lipinski definition) is 6. The number of benzene rings is 1. The number of anilines is 1. The fourth-order valence-corrected chi connectivity index (χ4v) is 2.76. The second-order valence-electron chi connectivity index (χ2n) is 4.33. The van der Waals surface area contributed by atoms with Crippen LogP contribution in [0.2, 0.25) is 5.02 Å². The molecule has 0 radical (unpaired) electrons. The summed E-state index contributed by atoms with van der Waals surface area (Å²) in [7, 11) is 0. The second kappa shape index (κ2) is 7.11. The highest BCUT2D eigenvalue weighted by atomic mass is 35.5. The Morgan fingerprint density at radius 1 is 1.52 bits per heavy atom. The van der Waals surface area contributed by atoms with Gasteiger partial charge >= 0.3 is 0 Å². The van der Waals surface area contributed by atoms with E-state index in [0.717, 1.165) is 10.6 Å². The molecule has 6 nitrogen and oxygen atoms in total. The van der Waals surface area contributed by atoms with Gasteiger partial charge in [-0.1, -0.05) is 31.5 Å². The van der Waals surface area contributed by atoms with Gasteiger partial charge in [0.1, 0.15) is 11.6 Å². The Balaban J connectivity index is 2.27. The van der Waals surface area contributed by atoms with Gasteiger partial charge in [0.15, 0.2) is 0 Å². The maximum absolute atomic E-state index is 9.13. The molecule has 0 bridgehead atoms. The molecule has 2 N–H and O–H groups in total. The van der Waals surface area contributed by atoms with Crippen molar-refractivity contribution in [2.75, 3.05) is 5.32 Å². The van der Waals surface area contributed by atoms with Gasteiger partial charge in [0.05, 0.1) is 10.7 Å². The first-order valence-corrected chi connectivity index (χ1v) is 7.43. The molecule has 1 aromatic carbocycles. The summed E-state index contributed by atoms with van der Waals surface area (Å²) in [5.74, 6) is 0.241. The van der Waals surface area contributed by atoms with Crippen LogP contribution in [0.1, 0.15) is 19.7 Å². The normalized spacial score (nSPS) is 11.5. The number of rotatable bonds is 5. The molecule has 0 saturated heterocycles. The lowest BCUT2D eigenvalue weighted by Crippen LogP contribution is -1.96. The van der Waals surface area contributed by atoms with Crippen molar-refractivity contribution in [3.05, 3.63) is 35.2 Å². The summed E-state index contributed by atoms with van der Waals surface area (Å²) in [6, 6.07) is 7.61. The van der Waals surface area contributed by atoms with E-state index in [1.165, 1.54) is 0 Å². The maximum atomic E-state index is 9.13. The highest BCUT2D eigenvalue weighted by Gasteiger charge is 2.10. The molecule has 0 atom stereocenters. The molecule has 2 rings (SSSR count). The van der Waals surface area contributed by atoms with Crippen LogP contribution in [0, 0.1) is 11.3 Å². The smallest absolute Gasteiger partial charge is 0.216 e. The third kappa shape index (κ3) is 3.97. The SMILES string of the molecule is CC(C)Sc1c(Cl)cccc1NC=C(C#N)c1nn[nH]n1. The summed E-state index contributed by atoms with van der Waals surface area (Å²) >= 11 is 7.89. The molecule has 1 aromatic heterocycles. The van der Waals surface area contributed by atoms with Crippen LogP contribution < -0.4 is 5.32 Å². The van der Waals surface area contributed by atoms with E-state index in [4.69, 9.17) is 16.9 Å². The summed E-state index contributed by atoms with van der Waals surface area (Å²) in [4.78, 5) is 0.941. The van der Waals surface area contributed by atoms with Crippen molar-refractivity contribution in [3.8, 4) is 6.07 Å². The number of aromatic nitrogens is 4. The summed E-state index contributed by atoms with van der Waals surface area (Å²) in [5, 5.41) is 26.6. The fraction of sp³-hybridized carbons (Fsp3) is 0.231. The highest BCUT2D eigenvalue weighted by Crippen LogP contribution is 2.36. The zero-order chi connectivity index (χ0) is 15.2. The standard InChI is InChI=1S/C13H13ClN6S/c1-8(2)21-12-10(14)4-3-5-11(12)16-7-9(6-15)13-17-19-20-18-13/h3-5,7-8,16H,1-2H3,(H,17,18,19,20). The molecule has 0 amide bonds. The van der Waals surface area contributed by atoms with E-state index < -0.39 is 0 Å². The topological polar surface area (TPSA) is 90.3 Å². The molecule has 0 unspecified atom stereocenters. The van der Waals surface area contributed by atoms with Crippen molar-refractivity contribution in [2.24, 2.45) is 0 Å². The summed E-state index contributed by atoms with van der Waals surface area (Å²) < 4.78 is 0. The first-order chi connectivity index (χ1) is 10.1. The minimum absolute atomic E-state index is 0.241. The zero-order valence-corrected chi connectivity index (χ0v) is 13.0.